The van der Waals surface area contributed by atoms with Gasteiger partial charge in [0.2, 0.25) is 0 Å². The Hall–Kier alpha value is -0.990. The highest BCUT2D eigenvalue weighted by Crippen LogP contribution is 2.27. The summed E-state index contributed by atoms with van der Waals surface area (Å²) in [6, 6.07) is 5.40. The molecule has 1 heterocycles. The minimum absolute atomic E-state index is 0.616. The van der Waals surface area contributed by atoms with Crippen molar-refractivity contribution < 1.29 is 0 Å². The van der Waals surface area contributed by atoms with E-state index in [1.54, 1.807) is 35.4 Å². The van der Waals surface area contributed by atoms with E-state index in [4.69, 9.17) is 23.2 Å². The molecule has 0 N–H and O–H groups in total. The van der Waals surface area contributed by atoms with Crippen molar-refractivity contribution in [2.45, 2.75) is 0 Å². The molecule has 13 heavy (non-hydrogen) atoms. The van der Waals surface area contributed by atoms with Crippen LogP contribution >= 0.6 is 23.2 Å². The summed E-state index contributed by atoms with van der Waals surface area (Å²) in [6.07, 6.45) is 5.14. The van der Waals surface area contributed by atoms with E-state index < -0.39 is 0 Å². The lowest BCUT2D eigenvalue weighted by atomic mass is 10.3. The second kappa shape index (κ2) is 3.40. The van der Waals surface area contributed by atoms with Crippen molar-refractivity contribution in [3.63, 3.8) is 0 Å². The normalized spacial score (nSPS) is 10.3. The van der Waals surface area contributed by atoms with Crippen LogP contribution in [0.4, 0.5) is 0 Å². The highest BCUT2D eigenvalue weighted by atomic mass is 35.5. The summed E-state index contributed by atoms with van der Waals surface area (Å²) in [7, 11) is 0. The summed E-state index contributed by atoms with van der Waals surface area (Å²) < 4.78 is 1.78. The first-order valence-corrected chi connectivity index (χ1v) is 4.47. The van der Waals surface area contributed by atoms with Gasteiger partial charge >= 0.3 is 0 Å². The summed E-state index contributed by atoms with van der Waals surface area (Å²) in [5.41, 5.74) is 0.767. The zero-order chi connectivity index (χ0) is 9.26. The van der Waals surface area contributed by atoms with Crippen LogP contribution < -0.4 is 0 Å². The van der Waals surface area contributed by atoms with Crippen molar-refractivity contribution in [2.75, 3.05) is 0 Å². The van der Waals surface area contributed by atoms with Gasteiger partial charge in [0.1, 0.15) is 0 Å². The summed E-state index contributed by atoms with van der Waals surface area (Å²) in [4.78, 5) is 3.93. The molecule has 1 aromatic heterocycles. The second-order valence-electron chi connectivity index (χ2n) is 2.54. The van der Waals surface area contributed by atoms with Gasteiger partial charge in [-0.15, -0.1) is 0 Å². The third kappa shape index (κ3) is 1.55. The highest BCUT2D eigenvalue weighted by Gasteiger charge is 2.05. The first kappa shape index (κ1) is 8.60. The molecule has 0 radical (unpaired) electrons. The van der Waals surface area contributed by atoms with Crippen molar-refractivity contribution >= 4 is 23.2 Å². The van der Waals surface area contributed by atoms with Gasteiger partial charge in [-0.2, -0.15) is 0 Å². The van der Waals surface area contributed by atoms with Crippen LogP contribution in [0.5, 0.6) is 0 Å². The fraction of sp³-hybridized carbons (Fsp3) is 0. The molecule has 2 rings (SSSR count). The van der Waals surface area contributed by atoms with Crippen LogP contribution in [-0.4, -0.2) is 9.55 Å². The number of hydrogen-bond acceptors (Lipinski definition) is 1. The molecule has 2 nitrogen and oxygen atoms in total. The predicted octanol–water partition coefficient (Wildman–Crippen LogP) is 3.18. The molecule has 0 aliphatic carbocycles. The number of imidazole rings is 1. The Labute approximate surface area is 85.7 Å². The topological polar surface area (TPSA) is 17.8 Å². The van der Waals surface area contributed by atoms with Crippen molar-refractivity contribution in [3.05, 3.63) is 47.0 Å². The van der Waals surface area contributed by atoms with Crippen molar-refractivity contribution in [1.82, 2.24) is 9.55 Å². The predicted molar refractivity (Wildman–Crippen MR) is 53.6 cm³/mol. The van der Waals surface area contributed by atoms with Crippen LogP contribution in [0.15, 0.2) is 36.9 Å². The van der Waals surface area contributed by atoms with E-state index in [0.29, 0.717) is 10.0 Å². The maximum atomic E-state index is 5.99. The molecular weight excluding hydrogens is 207 g/mol. The summed E-state index contributed by atoms with van der Waals surface area (Å²) in [5.74, 6) is 0. The molecular formula is C9H6Cl2N2. The van der Waals surface area contributed by atoms with Gasteiger partial charge in [-0.1, -0.05) is 29.3 Å². The van der Waals surface area contributed by atoms with E-state index in [-0.39, 0.29) is 0 Å². The molecule has 0 unspecified atom stereocenters. The lowest BCUT2D eigenvalue weighted by Crippen LogP contribution is -1.91. The molecule has 0 aliphatic rings. The lowest BCUT2D eigenvalue weighted by molar-refractivity contribution is 1.06. The molecule has 0 fully saturated rings. The number of para-hydroxylation sites is 1. The zero-order valence-corrected chi connectivity index (χ0v) is 8.13. The molecule has 2 aromatic rings. The monoisotopic (exact) mass is 212 g/mol. The van der Waals surface area contributed by atoms with Crippen LogP contribution in [0, 0.1) is 0 Å². The molecule has 1 aromatic carbocycles. The summed E-state index contributed by atoms with van der Waals surface area (Å²) in [6.45, 7) is 0. The summed E-state index contributed by atoms with van der Waals surface area (Å²) >= 11 is 12.0. The number of aromatic nitrogens is 2. The molecule has 0 amide bonds. The van der Waals surface area contributed by atoms with Crippen molar-refractivity contribution in [1.29, 1.82) is 0 Å². The number of hydrogen-bond donors (Lipinski definition) is 0. The zero-order valence-electron chi connectivity index (χ0n) is 6.61. The van der Waals surface area contributed by atoms with Crippen LogP contribution in [0.2, 0.25) is 10.0 Å². The fourth-order valence-electron chi connectivity index (χ4n) is 1.13. The maximum Gasteiger partial charge on any atom is 0.0992 e. The van der Waals surface area contributed by atoms with Crippen LogP contribution in [0.3, 0.4) is 0 Å². The van der Waals surface area contributed by atoms with Crippen LogP contribution in [0.25, 0.3) is 5.69 Å². The van der Waals surface area contributed by atoms with Crippen molar-refractivity contribution in [2.24, 2.45) is 0 Å². The van der Waals surface area contributed by atoms with Gasteiger partial charge in [0.05, 0.1) is 22.1 Å². The lowest BCUT2D eigenvalue weighted by Gasteiger charge is -2.06. The molecule has 0 saturated carbocycles. The third-order valence-electron chi connectivity index (χ3n) is 1.70. The molecule has 0 atom stereocenters. The quantitative estimate of drug-likeness (QED) is 0.711. The number of nitrogens with zero attached hydrogens (tertiary/aromatic N) is 2. The number of halogens is 2. The Balaban J connectivity index is 2.64. The minimum Gasteiger partial charge on any atom is -0.303 e. The Kier molecular flexibility index (Phi) is 2.25. The van der Waals surface area contributed by atoms with Crippen LogP contribution in [-0.2, 0) is 0 Å². The smallest absolute Gasteiger partial charge is 0.0992 e. The molecule has 0 aliphatic heterocycles. The van der Waals surface area contributed by atoms with E-state index in [1.165, 1.54) is 0 Å². The third-order valence-corrected chi connectivity index (χ3v) is 2.31. The summed E-state index contributed by atoms with van der Waals surface area (Å²) in [5, 5.41) is 1.23. The van der Waals surface area contributed by atoms with Gasteiger partial charge in [-0.05, 0) is 12.1 Å². The fourth-order valence-corrected chi connectivity index (χ4v) is 1.72. The average molecular weight is 213 g/mol. The van der Waals surface area contributed by atoms with E-state index in [9.17, 15) is 0 Å². The van der Waals surface area contributed by atoms with Gasteiger partial charge in [0.25, 0.3) is 0 Å². The van der Waals surface area contributed by atoms with E-state index in [1.807, 2.05) is 6.07 Å². The molecule has 0 bridgehead atoms. The molecule has 66 valence electrons. The first-order chi connectivity index (χ1) is 6.29. The van der Waals surface area contributed by atoms with Crippen molar-refractivity contribution in [3.8, 4) is 5.69 Å². The van der Waals surface area contributed by atoms with E-state index in [0.717, 1.165) is 5.69 Å². The van der Waals surface area contributed by atoms with Gasteiger partial charge in [-0.3, -0.25) is 0 Å². The van der Waals surface area contributed by atoms with E-state index in [2.05, 4.69) is 4.98 Å². The highest BCUT2D eigenvalue weighted by molar-refractivity contribution is 6.37. The SMILES string of the molecule is Clc1cccc(Cl)c1-n1ccnc1. The maximum absolute atomic E-state index is 5.99. The first-order valence-electron chi connectivity index (χ1n) is 3.71. The Morgan fingerprint density at radius 1 is 1.15 bits per heavy atom. The molecule has 0 spiro atoms. The average Bonchev–Trinajstić information content (AvgIpc) is 2.57. The Morgan fingerprint density at radius 3 is 2.38 bits per heavy atom. The van der Waals surface area contributed by atoms with E-state index >= 15 is 0 Å². The van der Waals surface area contributed by atoms with Gasteiger partial charge in [0, 0.05) is 12.4 Å². The van der Waals surface area contributed by atoms with Gasteiger partial charge in [0.15, 0.2) is 0 Å². The molecule has 0 saturated heterocycles. The van der Waals surface area contributed by atoms with Crippen LogP contribution in [0.1, 0.15) is 0 Å². The van der Waals surface area contributed by atoms with Gasteiger partial charge in [-0.25, -0.2) is 4.98 Å². The number of benzene rings is 1. The largest absolute Gasteiger partial charge is 0.303 e. The Morgan fingerprint density at radius 2 is 1.85 bits per heavy atom. The second-order valence-corrected chi connectivity index (χ2v) is 3.35. The minimum atomic E-state index is 0.616. The Bertz CT molecular complexity index is 389. The molecule has 4 heteroatoms. The standard InChI is InChI=1S/C9H6Cl2N2/c10-7-2-1-3-8(11)9(7)13-5-4-12-6-13/h1-6H. The number of rotatable bonds is 1. The van der Waals surface area contributed by atoms with Gasteiger partial charge < -0.3 is 4.57 Å².